The maximum Gasteiger partial charge on any atom is 0.147 e. The summed E-state index contributed by atoms with van der Waals surface area (Å²) in [5.41, 5.74) is 7.25. The van der Waals surface area contributed by atoms with Crippen LogP contribution < -0.4 is 15.4 Å². The largest absolute Gasteiger partial charge is 0.497 e. The second-order valence-corrected chi connectivity index (χ2v) is 4.78. The van der Waals surface area contributed by atoms with Gasteiger partial charge in [0.25, 0.3) is 0 Å². The van der Waals surface area contributed by atoms with Gasteiger partial charge in [-0.2, -0.15) is 0 Å². The Bertz CT molecular complexity index is 640. The smallest absolute Gasteiger partial charge is 0.147 e. The molecule has 110 valence electrons. The number of hydrogen-bond donors (Lipinski definition) is 2. The van der Waals surface area contributed by atoms with Gasteiger partial charge in [0.05, 0.1) is 12.8 Å². The summed E-state index contributed by atoms with van der Waals surface area (Å²) in [6, 6.07) is 12.2. The fourth-order valence-corrected chi connectivity index (χ4v) is 2.07. The van der Waals surface area contributed by atoms with Gasteiger partial charge in [-0.05, 0) is 35.9 Å². The fraction of sp³-hybridized carbons (Fsp3) is 0.188. The van der Waals surface area contributed by atoms with Crippen molar-refractivity contribution in [2.45, 2.75) is 6.54 Å². The van der Waals surface area contributed by atoms with Crippen molar-refractivity contribution in [2.75, 3.05) is 19.1 Å². The molecule has 0 radical (unpaired) electrons. The van der Waals surface area contributed by atoms with E-state index in [2.05, 4.69) is 0 Å². The van der Waals surface area contributed by atoms with Crippen LogP contribution in [0.4, 0.5) is 10.1 Å². The molecule has 2 aromatic rings. The summed E-state index contributed by atoms with van der Waals surface area (Å²) in [4.78, 5) is 1.81. The molecule has 21 heavy (non-hydrogen) atoms. The van der Waals surface area contributed by atoms with Crippen LogP contribution in [0, 0.1) is 11.2 Å². The van der Waals surface area contributed by atoms with Crippen molar-refractivity contribution in [1.29, 1.82) is 5.41 Å². The molecular formula is C16H18FN3O. The van der Waals surface area contributed by atoms with Crippen molar-refractivity contribution in [2.24, 2.45) is 5.73 Å². The summed E-state index contributed by atoms with van der Waals surface area (Å²) in [6.45, 7) is 0.570. The first-order chi connectivity index (χ1) is 10.0. The average molecular weight is 287 g/mol. The first kappa shape index (κ1) is 14.8. The van der Waals surface area contributed by atoms with Crippen molar-refractivity contribution < 1.29 is 9.13 Å². The average Bonchev–Trinajstić information content (AvgIpc) is 2.47. The third-order valence-electron chi connectivity index (χ3n) is 3.25. The van der Waals surface area contributed by atoms with Crippen molar-refractivity contribution in [3.8, 4) is 5.75 Å². The predicted octanol–water partition coefficient (Wildman–Crippen LogP) is 2.75. The van der Waals surface area contributed by atoms with E-state index in [0.29, 0.717) is 17.8 Å². The zero-order chi connectivity index (χ0) is 15.4. The summed E-state index contributed by atoms with van der Waals surface area (Å²) in [6.07, 6.45) is 0. The number of hydrogen-bond acceptors (Lipinski definition) is 3. The Morgan fingerprint density at radius 3 is 2.43 bits per heavy atom. The normalized spacial score (nSPS) is 10.2. The molecular weight excluding hydrogens is 269 g/mol. The number of nitrogens with zero attached hydrogens (tertiary/aromatic N) is 1. The van der Waals surface area contributed by atoms with Crippen LogP contribution in [0.1, 0.15) is 11.1 Å². The lowest BCUT2D eigenvalue weighted by molar-refractivity contribution is 0.414. The highest BCUT2D eigenvalue weighted by molar-refractivity contribution is 5.95. The highest BCUT2D eigenvalue weighted by atomic mass is 19.1. The standard InChI is InChI=1S/C16H18FN3O/c1-20(10-11-3-6-13(21-2)7-4-11)15-8-5-12(16(18)19)9-14(15)17/h3-9H,10H2,1-2H3,(H3,18,19). The molecule has 2 aromatic carbocycles. The van der Waals surface area contributed by atoms with E-state index < -0.39 is 5.82 Å². The van der Waals surface area contributed by atoms with E-state index in [1.807, 2.05) is 31.3 Å². The number of nitrogens with two attached hydrogens (primary N) is 1. The van der Waals surface area contributed by atoms with Gasteiger partial charge >= 0.3 is 0 Å². The summed E-state index contributed by atoms with van der Waals surface area (Å²) in [5, 5.41) is 7.31. The van der Waals surface area contributed by atoms with Gasteiger partial charge < -0.3 is 15.4 Å². The SMILES string of the molecule is COc1ccc(CN(C)c2ccc(C(=N)N)cc2F)cc1. The molecule has 0 fully saturated rings. The molecule has 0 saturated carbocycles. The van der Waals surface area contributed by atoms with Crippen LogP contribution in [0.25, 0.3) is 0 Å². The summed E-state index contributed by atoms with van der Waals surface area (Å²) in [7, 11) is 3.43. The van der Waals surface area contributed by atoms with Crippen LogP contribution in [0.15, 0.2) is 42.5 Å². The number of amidine groups is 1. The van der Waals surface area contributed by atoms with Crippen molar-refractivity contribution in [3.63, 3.8) is 0 Å². The molecule has 0 spiro atoms. The Morgan fingerprint density at radius 2 is 1.90 bits per heavy atom. The summed E-state index contributed by atoms with van der Waals surface area (Å²) in [5.74, 6) is 0.260. The second-order valence-electron chi connectivity index (χ2n) is 4.78. The number of nitrogen functional groups attached to an aromatic ring is 1. The number of anilines is 1. The van der Waals surface area contributed by atoms with E-state index in [0.717, 1.165) is 11.3 Å². The maximum absolute atomic E-state index is 14.1. The van der Waals surface area contributed by atoms with Gasteiger partial charge in [-0.25, -0.2) is 4.39 Å². The minimum absolute atomic E-state index is 0.141. The minimum atomic E-state index is -0.390. The van der Waals surface area contributed by atoms with Crippen LogP contribution in [-0.2, 0) is 6.54 Å². The van der Waals surface area contributed by atoms with Crippen LogP contribution >= 0.6 is 0 Å². The minimum Gasteiger partial charge on any atom is -0.497 e. The lowest BCUT2D eigenvalue weighted by Gasteiger charge is -2.20. The molecule has 0 aliphatic carbocycles. The Balaban J connectivity index is 2.15. The maximum atomic E-state index is 14.1. The van der Waals surface area contributed by atoms with E-state index >= 15 is 0 Å². The molecule has 0 amide bonds. The quantitative estimate of drug-likeness (QED) is 0.656. The van der Waals surface area contributed by atoms with Gasteiger partial charge in [-0.3, -0.25) is 5.41 Å². The van der Waals surface area contributed by atoms with Crippen LogP contribution in [0.2, 0.25) is 0 Å². The highest BCUT2D eigenvalue weighted by Gasteiger charge is 2.10. The monoisotopic (exact) mass is 287 g/mol. The number of benzene rings is 2. The number of ether oxygens (including phenoxy) is 1. The van der Waals surface area contributed by atoms with Gasteiger partial charge in [0, 0.05) is 19.2 Å². The zero-order valence-electron chi connectivity index (χ0n) is 12.1. The second kappa shape index (κ2) is 6.26. The molecule has 5 heteroatoms. The van der Waals surface area contributed by atoms with Crippen molar-refractivity contribution >= 4 is 11.5 Å². The van der Waals surface area contributed by atoms with E-state index in [4.69, 9.17) is 15.9 Å². The topological polar surface area (TPSA) is 62.3 Å². The van der Waals surface area contributed by atoms with E-state index in [-0.39, 0.29) is 5.84 Å². The summed E-state index contributed by atoms with van der Waals surface area (Å²) < 4.78 is 19.2. The molecule has 0 heterocycles. The molecule has 0 aliphatic heterocycles. The molecule has 0 bridgehead atoms. The Labute approximate surface area is 123 Å². The Hall–Kier alpha value is -2.56. The fourth-order valence-electron chi connectivity index (χ4n) is 2.07. The molecule has 4 nitrogen and oxygen atoms in total. The molecule has 3 N–H and O–H groups in total. The van der Waals surface area contributed by atoms with Gasteiger partial charge in [-0.15, -0.1) is 0 Å². The zero-order valence-corrected chi connectivity index (χ0v) is 12.1. The van der Waals surface area contributed by atoms with Crippen molar-refractivity contribution in [1.82, 2.24) is 0 Å². The lowest BCUT2D eigenvalue weighted by Crippen LogP contribution is -2.18. The highest BCUT2D eigenvalue weighted by Crippen LogP contribution is 2.22. The number of halogens is 1. The lowest BCUT2D eigenvalue weighted by atomic mass is 10.1. The molecule has 0 aromatic heterocycles. The van der Waals surface area contributed by atoms with E-state index in [1.54, 1.807) is 24.1 Å². The van der Waals surface area contributed by atoms with Gasteiger partial charge in [0.1, 0.15) is 17.4 Å². The molecule has 0 atom stereocenters. The molecule has 0 saturated heterocycles. The third kappa shape index (κ3) is 3.51. The first-order valence-corrected chi connectivity index (χ1v) is 6.49. The van der Waals surface area contributed by atoms with Gasteiger partial charge in [0.2, 0.25) is 0 Å². The first-order valence-electron chi connectivity index (χ1n) is 6.49. The third-order valence-corrected chi connectivity index (χ3v) is 3.25. The number of nitrogens with one attached hydrogen (secondary N) is 1. The van der Waals surface area contributed by atoms with E-state index in [1.165, 1.54) is 6.07 Å². The molecule has 0 unspecified atom stereocenters. The van der Waals surface area contributed by atoms with Gasteiger partial charge in [0.15, 0.2) is 0 Å². The molecule has 0 aliphatic rings. The summed E-state index contributed by atoms with van der Waals surface area (Å²) >= 11 is 0. The molecule has 2 rings (SSSR count). The Kier molecular flexibility index (Phi) is 4.42. The van der Waals surface area contributed by atoms with Crippen LogP contribution in [0.3, 0.4) is 0 Å². The van der Waals surface area contributed by atoms with Crippen molar-refractivity contribution in [3.05, 3.63) is 59.4 Å². The number of rotatable bonds is 5. The van der Waals surface area contributed by atoms with E-state index in [9.17, 15) is 4.39 Å². The van der Waals surface area contributed by atoms with Gasteiger partial charge in [-0.1, -0.05) is 12.1 Å². The Morgan fingerprint density at radius 1 is 1.24 bits per heavy atom. The number of methoxy groups -OCH3 is 1. The van der Waals surface area contributed by atoms with Crippen LogP contribution in [-0.4, -0.2) is 20.0 Å². The van der Waals surface area contributed by atoms with Crippen LogP contribution in [0.5, 0.6) is 5.75 Å². The predicted molar refractivity (Wildman–Crippen MR) is 82.5 cm³/mol.